The van der Waals surface area contributed by atoms with Crippen molar-refractivity contribution in [2.75, 3.05) is 19.5 Å². The predicted octanol–water partition coefficient (Wildman–Crippen LogP) is 5.03. The van der Waals surface area contributed by atoms with Gasteiger partial charge in [0, 0.05) is 17.8 Å². The third kappa shape index (κ3) is 4.03. The van der Waals surface area contributed by atoms with Crippen molar-refractivity contribution in [1.29, 1.82) is 0 Å². The Hall–Kier alpha value is -2.72. The van der Waals surface area contributed by atoms with Crippen LogP contribution in [0.25, 0.3) is 11.1 Å². The Morgan fingerprint density at radius 2 is 1.68 bits per heavy atom. The second kappa shape index (κ2) is 7.90. The lowest BCUT2D eigenvalue weighted by atomic mass is 10.1. The Bertz CT molecular complexity index is 868. The molecule has 0 saturated carbocycles. The van der Waals surface area contributed by atoms with Gasteiger partial charge in [-0.15, -0.1) is 0 Å². The van der Waals surface area contributed by atoms with Crippen LogP contribution < -0.4 is 14.8 Å². The average Bonchev–Trinajstić information content (AvgIpc) is 2.67. The summed E-state index contributed by atoms with van der Waals surface area (Å²) in [4.78, 5) is 4.38. The largest absolute Gasteiger partial charge is 0.493 e. The van der Waals surface area contributed by atoms with E-state index in [1.165, 1.54) is 0 Å². The van der Waals surface area contributed by atoms with Gasteiger partial charge in [-0.2, -0.15) is 0 Å². The lowest BCUT2D eigenvalue weighted by Crippen LogP contribution is -2.01. The van der Waals surface area contributed by atoms with Gasteiger partial charge in [0.2, 0.25) is 0 Å². The summed E-state index contributed by atoms with van der Waals surface area (Å²) in [7, 11) is 3.26. The first-order chi connectivity index (χ1) is 12.2. The van der Waals surface area contributed by atoms with Gasteiger partial charge in [0.25, 0.3) is 0 Å². The number of benzene rings is 2. The van der Waals surface area contributed by atoms with E-state index in [1.807, 2.05) is 54.6 Å². The molecule has 0 fully saturated rings. The van der Waals surface area contributed by atoms with Crippen molar-refractivity contribution < 1.29 is 9.47 Å². The van der Waals surface area contributed by atoms with Gasteiger partial charge in [0.05, 0.1) is 14.2 Å². The Kier molecular flexibility index (Phi) is 5.41. The molecule has 0 aliphatic carbocycles. The van der Waals surface area contributed by atoms with Gasteiger partial charge in [-0.3, -0.25) is 0 Å². The van der Waals surface area contributed by atoms with Crippen molar-refractivity contribution in [3.05, 3.63) is 71.4 Å². The molecule has 1 aromatic heterocycles. The maximum Gasteiger partial charge on any atom is 0.161 e. The topological polar surface area (TPSA) is 43.4 Å². The van der Waals surface area contributed by atoms with E-state index in [-0.39, 0.29) is 0 Å². The van der Waals surface area contributed by atoms with Crippen molar-refractivity contribution in [3.63, 3.8) is 0 Å². The summed E-state index contributed by atoms with van der Waals surface area (Å²) in [6.45, 7) is 0.613. The quantitative estimate of drug-likeness (QED) is 0.674. The molecule has 0 unspecified atom stereocenters. The number of rotatable bonds is 6. The molecule has 25 heavy (non-hydrogen) atoms. The molecule has 0 amide bonds. The number of ether oxygens (including phenoxy) is 2. The van der Waals surface area contributed by atoms with Crippen molar-refractivity contribution in [2.45, 2.75) is 6.54 Å². The number of hydrogen-bond acceptors (Lipinski definition) is 4. The van der Waals surface area contributed by atoms with E-state index in [1.54, 1.807) is 20.4 Å². The molecule has 3 rings (SSSR count). The standard InChI is InChI=1S/C20H19ClN2O2/c1-24-18-8-7-14(11-19(18)25-2)15-9-10-22-20(12-15)23-13-16-5-3-4-6-17(16)21/h3-12H,13H2,1-2H3,(H,22,23). The van der Waals surface area contributed by atoms with E-state index in [0.29, 0.717) is 18.0 Å². The van der Waals surface area contributed by atoms with Crippen LogP contribution in [0.4, 0.5) is 5.82 Å². The van der Waals surface area contributed by atoms with Gasteiger partial charge in [-0.1, -0.05) is 35.9 Å². The molecule has 0 spiro atoms. The smallest absolute Gasteiger partial charge is 0.161 e. The number of methoxy groups -OCH3 is 2. The maximum absolute atomic E-state index is 6.19. The monoisotopic (exact) mass is 354 g/mol. The fourth-order valence-electron chi connectivity index (χ4n) is 2.55. The lowest BCUT2D eigenvalue weighted by molar-refractivity contribution is 0.355. The van der Waals surface area contributed by atoms with Gasteiger partial charge >= 0.3 is 0 Å². The van der Waals surface area contributed by atoms with Crippen LogP contribution in [-0.4, -0.2) is 19.2 Å². The van der Waals surface area contributed by atoms with Crippen molar-refractivity contribution >= 4 is 17.4 Å². The first kappa shape index (κ1) is 17.1. The lowest BCUT2D eigenvalue weighted by Gasteiger charge is -2.11. The highest BCUT2D eigenvalue weighted by molar-refractivity contribution is 6.31. The van der Waals surface area contributed by atoms with E-state index in [0.717, 1.165) is 27.5 Å². The van der Waals surface area contributed by atoms with E-state index in [2.05, 4.69) is 10.3 Å². The molecule has 5 heteroatoms. The van der Waals surface area contributed by atoms with Gasteiger partial charge in [-0.25, -0.2) is 4.98 Å². The number of hydrogen-bond donors (Lipinski definition) is 1. The van der Waals surface area contributed by atoms with E-state index in [4.69, 9.17) is 21.1 Å². The van der Waals surface area contributed by atoms with Gasteiger partial charge in [-0.05, 0) is 47.0 Å². The zero-order chi connectivity index (χ0) is 17.6. The number of nitrogens with one attached hydrogen (secondary N) is 1. The zero-order valence-electron chi connectivity index (χ0n) is 14.1. The normalized spacial score (nSPS) is 10.4. The highest BCUT2D eigenvalue weighted by Crippen LogP contribution is 2.32. The number of pyridine rings is 1. The van der Waals surface area contributed by atoms with E-state index < -0.39 is 0 Å². The summed E-state index contributed by atoms with van der Waals surface area (Å²) in [5.41, 5.74) is 3.10. The molecule has 0 radical (unpaired) electrons. The molecule has 128 valence electrons. The summed E-state index contributed by atoms with van der Waals surface area (Å²) in [6, 6.07) is 17.6. The van der Waals surface area contributed by atoms with Crippen molar-refractivity contribution in [2.24, 2.45) is 0 Å². The first-order valence-corrected chi connectivity index (χ1v) is 8.25. The molecular formula is C20H19ClN2O2. The van der Waals surface area contributed by atoms with E-state index >= 15 is 0 Å². The number of aromatic nitrogens is 1. The maximum atomic E-state index is 6.19. The summed E-state index contributed by atoms with van der Waals surface area (Å²) in [5, 5.41) is 4.05. The fourth-order valence-corrected chi connectivity index (χ4v) is 2.75. The molecular weight excluding hydrogens is 336 g/mol. The molecule has 0 saturated heterocycles. The highest BCUT2D eigenvalue weighted by Gasteiger charge is 2.07. The molecule has 0 bridgehead atoms. The van der Waals surface area contributed by atoms with Crippen LogP contribution in [-0.2, 0) is 6.54 Å². The SMILES string of the molecule is COc1ccc(-c2ccnc(NCc3ccccc3Cl)c2)cc1OC. The third-order valence-corrected chi connectivity index (χ3v) is 4.26. The number of halogens is 1. The number of nitrogens with zero attached hydrogens (tertiary/aromatic N) is 1. The van der Waals surface area contributed by atoms with E-state index in [9.17, 15) is 0 Å². The Labute approximate surface area is 152 Å². The van der Waals surface area contributed by atoms with Crippen LogP contribution >= 0.6 is 11.6 Å². The third-order valence-electron chi connectivity index (χ3n) is 3.89. The molecule has 3 aromatic rings. The first-order valence-electron chi connectivity index (χ1n) is 7.87. The summed E-state index contributed by atoms with van der Waals surface area (Å²) in [6.07, 6.45) is 1.78. The average molecular weight is 355 g/mol. The second-order valence-electron chi connectivity index (χ2n) is 5.44. The minimum absolute atomic E-state index is 0.613. The number of anilines is 1. The Balaban J connectivity index is 1.81. The molecule has 1 N–H and O–H groups in total. The minimum Gasteiger partial charge on any atom is -0.493 e. The summed E-state index contributed by atoms with van der Waals surface area (Å²) >= 11 is 6.19. The van der Waals surface area contributed by atoms with Gasteiger partial charge in [0.1, 0.15) is 5.82 Å². The predicted molar refractivity (Wildman–Crippen MR) is 102 cm³/mol. The van der Waals surface area contributed by atoms with Crippen LogP contribution in [0.1, 0.15) is 5.56 Å². The Morgan fingerprint density at radius 3 is 2.44 bits per heavy atom. The van der Waals surface area contributed by atoms with Crippen molar-refractivity contribution in [1.82, 2.24) is 4.98 Å². The summed E-state index contributed by atoms with van der Waals surface area (Å²) in [5.74, 6) is 2.19. The fraction of sp³-hybridized carbons (Fsp3) is 0.150. The molecule has 4 nitrogen and oxygen atoms in total. The molecule has 2 aromatic carbocycles. The van der Waals surface area contributed by atoms with Crippen LogP contribution in [0.2, 0.25) is 5.02 Å². The molecule has 0 atom stereocenters. The molecule has 0 aliphatic heterocycles. The van der Waals surface area contributed by atoms with Crippen molar-refractivity contribution in [3.8, 4) is 22.6 Å². The van der Waals surface area contributed by atoms with Gasteiger partial charge in [0.15, 0.2) is 11.5 Å². The molecule has 0 aliphatic rings. The highest BCUT2D eigenvalue weighted by atomic mass is 35.5. The van der Waals surface area contributed by atoms with Gasteiger partial charge < -0.3 is 14.8 Å². The molecule has 1 heterocycles. The van der Waals surface area contributed by atoms with Crippen LogP contribution in [0, 0.1) is 0 Å². The van der Waals surface area contributed by atoms with Crippen LogP contribution in [0.15, 0.2) is 60.8 Å². The Morgan fingerprint density at radius 1 is 0.920 bits per heavy atom. The van der Waals surface area contributed by atoms with Crippen LogP contribution in [0.5, 0.6) is 11.5 Å². The second-order valence-corrected chi connectivity index (χ2v) is 5.85. The van der Waals surface area contributed by atoms with Crippen LogP contribution in [0.3, 0.4) is 0 Å². The minimum atomic E-state index is 0.613. The summed E-state index contributed by atoms with van der Waals surface area (Å²) < 4.78 is 10.7. The zero-order valence-corrected chi connectivity index (χ0v) is 14.9.